The average molecular weight is 367 g/mol. The summed E-state index contributed by atoms with van der Waals surface area (Å²) < 4.78 is 0. The highest BCUT2D eigenvalue weighted by atomic mass is 35.5. The molecule has 22 heavy (non-hydrogen) atoms. The van der Waals surface area contributed by atoms with Gasteiger partial charge in [0.2, 0.25) is 0 Å². The van der Waals surface area contributed by atoms with Crippen LogP contribution in [0.3, 0.4) is 0 Å². The highest BCUT2D eigenvalue weighted by molar-refractivity contribution is 6.31. The van der Waals surface area contributed by atoms with Gasteiger partial charge in [-0.15, -0.1) is 24.8 Å². The Hall–Kier alpha value is -0.0600. The van der Waals surface area contributed by atoms with Gasteiger partial charge in [0.25, 0.3) is 0 Å². The van der Waals surface area contributed by atoms with Gasteiger partial charge >= 0.3 is 0 Å². The molecular weight excluding hydrogens is 341 g/mol. The zero-order valence-corrected chi connectivity index (χ0v) is 15.2. The Kier molecular flexibility index (Phi) is 9.03. The molecular formula is C16H26Cl3N3. The van der Waals surface area contributed by atoms with Crippen molar-refractivity contribution in [1.82, 2.24) is 15.2 Å². The minimum atomic E-state index is 0. The molecule has 2 aliphatic rings. The van der Waals surface area contributed by atoms with Crippen LogP contribution < -0.4 is 5.32 Å². The summed E-state index contributed by atoms with van der Waals surface area (Å²) in [5.74, 6) is 0.752. The van der Waals surface area contributed by atoms with Gasteiger partial charge in [0, 0.05) is 44.6 Å². The molecule has 1 aromatic rings. The Morgan fingerprint density at radius 1 is 1.14 bits per heavy atom. The second-order valence-electron chi connectivity index (χ2n) is 6.03. The van der Waals surface area contributed by atoms with E-state index < -0.39 is 0 Å². The molecule has 126 valence electrons. The Labute approximate surface area is 151 Å². The van der Waals surface area contributed by atoms with E-state index in [1.807, 2.05) is 6.20 Å². The van der Waals surface area contributed by atoms with E-state index in [9.17, 15) is 0 Å². The van der Waals surface area contributed by atoms with Crippen molar-refractivity contribution in [2.45, 2.75) is 38.1 Å². The number of nitrogens with zero attached hydrogens (tertiary/aromatic N) is 2. The average Bonchev–Trinajstić information content (AvgIpc) is 2.52. The molecule has 0 bridgehead atoms. The lowest BCUT2D eigenvalue weighted by molar-refractivity contribution is 0.103. The third kappa shape index (κ3) is 4.72. The SMILES string of the molecule is Cl.Cl.Clc1cnccc1[C@@H](C1CCCCC1)N1CCNCC1. The van der Waals surface area contributed by atoms with Crippen LogP contribution >= 0.6 is 36.4 Å². The molecule has 2 heterocycles. The van der Waals surface area contributed by atoms with E-state index in [0.29, 0.717) is 6.04 Å². The summed E-state index contributed by atoms with van der Waals surface area (Å²) in [6.45, 7) is 4.43. The second-order valence-corrected chi connectivity index (χ2v) is 6.43. The molecule has 0 aromatic carbocycles. The van der Waals surface area contributed by atoms with Crippen molar-refractivity contribution >= 4 is 36.4 Å². The van der Waals surface area contributed by atoms with Gasteiger partial charge in [-0.25, -0.2) is 0 Å². The molecule has 0 spiro atoms. The largest absolute Gasteiger partial charge is 0.314 e. The van der Waals surface area contributed by atoms with Gasteiger partial charge < -0.3 is 5.32 Å². The predicted molar refractivity (Wildman–Crippen MR) is 97.5 cm³/mol. The number of hydrogen-bond donors (Lipinski definition) is 1. The first-order valence-corrected chi connectivity index (χ1v) is 8.28. The fourth-order valence-electron chi connectivity index (χ4n) is 3.78. The predicted octanol–water partition coefficient (Wildman–Crippen LogP) is 4.11. The number of aromatic nitrogens is 1. The summed E-state index contributed by atoms with van der Waals surface area (Å²) in [5, 5.41) is 4.29. The van der Waals surface area contributed by atoms with Crippen molar-refractivity contribution in [3.8, 4) is 0 Å². The normalized spacial score (nSPS) is 21.5. The topological polar surface area (TPSA) is 28.2 Å². The highest BCUT2D eigenvalue weighted by Gasteiger charge is 2.32. The molecule has 1 saturated carbocycles. The van der Waals surface area contributed by atoms with E-state index in [4.69, 9.17) is 11.6 Å². The van der Waals surface area contributed by atoms with Gasteiger partial charge in [0.05, 0.1) is 5.02 Å². The van der Waals surface area contributed by atoms with Crippen LogP contribution in [0, 0.1) is 5.92 Å². The minimum Gasteiger partial charge on any atom is -0.314 e. The van der Waals surface area contributed by atoms with E-state index in [1.165, 1.54) is 37.7 Å². The molecule has 6 heteroatoms. The lowest BCUT2D eigenvalue weighted by Crippen LogP contribution is -2.47. The number of halogens is 3. The smallest absolute Gasteiger partial charge is 0.0637 e. The molecule has 1 saturated heterocycles. The first-order chi connectivity index (χ1) is 9.86. The van der Waals surface area contributed by atoms with Gasteiger partial charge in [-0.2, -0.15) is 0 Å². The molecule has 1 atom stereocenters. The first kappa shape index (κ1) is 20.0. The van der Waals surface area contributed by atoms with E-state index in [1.54, 1.807) is 6.20 Å². The minimum absolute atomic E-state index is 0. The van der Waals surface area contributed by atoms with Crippen LogP contribution in [0.1, 0.15) is 43.7 Å². The van der Waals surface area contributed by atoms with Crippen molar-refractivity contribution in [3.63, 3.8) is 0 Å². The fraction of sp³-hybridized carbons (Fsp3) is 0.688. The van der Waals surface area contributed by atoms with E-state index in [0.717, 1.165) is 37.1 Å². The molecule has 1 aliphatic heterocycles. The molecule has 0 amide bonds. The third-order valence-electron chi connectivity index (χ3n) is 4.76. The Morgan fingerprint density at radius 2 is 1.82 bits per heavy atom. The molecule has 0 unspecified atom stereocenters. The number of piperazine rings is 1. The Bertz CT molecular complexity index is 414. The molecule has 3 nitrogen and oxygen atoms in total. The summed E-state index contributed by atoms with van der Waals surface area (Å²) in [6.07, 6.45) is 10.5. The summed E-state index contributed by atoms with van der Waals surface area (Å²) in [6, 6.07) is 2.61. The van der Waals surface area contributed by atoms with Crippen LogP contribution in [-0.2, 0) is 0 Å². The van der Waals surface area contributed by atoms with Crippen LogP contribution in [0.5, 0.6) is 0 Å². The lowest BCUT2D eigenvalue weighted by atomic mass is 9.80. The van der Waals surface area contributed by atoms with Gasteiger partial charge in [0.15, 0.2) is 0 Å². The maximum atomic E-state index is 6.45. The molecule has 0 radical (unpaired) electrons. The number of nitrogens with one attached hydrogen (secondary N) is 1. The van der Waals surface area contributed by atoms with Crippen molar-refractivity contribution in [1.29, 1.82) is 0 Å². The van der Waals surface area contributed by atoms with Gasteiger partial charge in [-0.1, -0.05) is 30.9 Å². The lowest BCUT2D eigenvalue weighted by Gasteiger charge is -2.41. The zero-order chi connectivity index (χ0) is 13.8. The number of hydrogen-bond acceptors (Lipinski definition) is 3. The molecule has 3 rings (SSSR count). The van der Waals surface area contributed by atoms with Gasteiger partial charge in [-0.05, 0) is 30.4 Å². The maximum Gasteiger partial charge on any atom is 0.0637 e. The zero-order valence-electron chi connectivity index (χ0n) is 12.8. The third-order valence-corrected chi connectivity index (χ3v) is 5.08. The molecule has 1 N–H and O–H groups in total. The standard InChI is InChI=1S/C16H24ClN3.2ClH/c17-15-12-19-7-6-14(15)16(13-4-2-1-3-5-13)20-10-8-18-9-11-20;;/h6-7,12-13,16,18H,1-5,8-11H2;2*1H/t16-;;/m1../s1. The quantitative estimate of drug-likeness (QED) is 0.872. The Morgan fingerprint density at radius 3 is 2.45 bits per heavy atom. The van der Waals surface area contributed by atoms with E-state index in [2.05, 4.69) is 21.3 Å². The van der Waals surface area contributed by atoms with Crippen LogP contribution in [0.25, 0.3) is 0 Å². The van der Waals surface area contributed by atoms with E-state index in [-0.39, 0.29) is 24.8 Å². The number of rotatable bonds is 3. The number of pyridine rings is 1. The van der Waals surface area contributed by atoms with Crippen LogP contribution in [-0.4, -0.2) is 36.1 Å². The summed E-state index contributed by atoms with van der Waals surface area (Å²) >= 11 is 6.45. The summed E-state index contributed by atoms with van der Waals surface area (Å²) in [5.41, 5.74) is 1.29. The molecule has 2 fully saturated rings. The maximum absolute atomic E-state index is 6.45. The van der Waals surface area contributed by atoms with Crippen LogP contribution in [0.4, 0.5) is 0 Å². The summed E-state index contributed by atoms with van der Waals surface area (Å²) in [7, 11) is 0. The monoisotopic (exact) mass is 365 g/mol. The van der Waals surface area contributed by atoms with Crippen molar-refractivity contribution in [2.24, 2.45) is 5.92 Å². The van der Waals surface area contributed by atoms with Gasteiger partial charge in [0.1, 0.15) is 0 Å². The van der Waals surface area contributed by atoms with Crippen molar-refractivity contribution in [3.05, 3.63) is 29.0 Å². The van der Waals surface area contributed by atoms with Crippen molar-refractivity contribution < 1.29 is 0 Å². The second kappa shape index (κ2) is 9.94. The molecule has 1 aliphatic carbocycles. The van der Waals surface area contributed by atoms with Gasteiger partial charge in [-0.3, -0.25) is 9.88 Å². The molecule has 1 aromatic heterocycles. The first-order valence-electron chi connectivity index (χ1n) is 7.90. The van der Waals surface area contributed by atoms with Crippen LogP contribution in [0.15, 0.2) is 18.5 Å². The van der Waals surface area contributed by atoms with Crippen molar-refractivity contribution in [2.75, 3.05) is 26.2 Å². The Balaban J connectivity index is 0.00000121. The van der Waals surface area contributed by atoms with E-state index >= 15 is 0 Å². The summed E-state index contributed by atoms with van der Waals surface area (Å²) in [4.78, 5) is 6.79. The highest BCUT2D eigenvalue weighted by Crippen LogP contribution is 2.40. The van der Waals surface area contributed by atoms with Crippen LogP contribution in [0.2, 0.25) is 5.02 Å². The fourth-order valence-corrected chi connectivity index (χ4v) is 4.02.